The Morgan fingerprint density at radius 1 is 1.19 bits per heavy atom. The number of hydrogen-bond donors (Lipinski definition) is 1. The predicted octanol–water partition coefficient (Wildman–Crippen LogP) is 4.39. The van der Waals surface area contributed by atoms with Gasteiger partial charge in [-0.15, -0.1) is 16.4 Å². The molecule has 3 aromatic heterocycles. The van der Waals surface area contributed by atoms with E-state index in [1.807, 2.05) is 12.3 Å². The number of fused-ring (bicyclic) bond motifs is 2. The normalized spacial score (nSPS) is 12.1. The lowest BCUT2D eigenvalue weighted by Crippen LogP contribution is -2.35. The average molecular weight is 522 g/mol. The summed E-state index contributed by atoms with van der Waals surface area (Å²) in [5, 5.41) is 7.91. The number of thiazole rings is 1. The third kappa shape index (κ3) is 4.51. The van der Waals surface area contributed by atoms with Gasteiger partial charge in [0.1, 0.15) is 17.9 Å². The van der Waals surface area contributed by atoms with Crippen molar-refractivity contribution in [1.82, 2.24) is 29.6 Å². The number of halogens is 1. The molecule has 12 heteroatoms. The fourth-order valence-corrected chi connectivity index (χ4v) is 4.76. The summed E-state index contributed by atoms with van der Waals surface area (Å²) in [6.07, 6.45) is 2.40. The number of methoxy groups -OCH3 is 1. The van der Waals surface area contributed by atoms with Crippen LogP contribution in [0.5, 0.6) is 11.6 Å². The molecule has 2 aromatic carbocycles. The zero-order valence-electron chi connectivity index (χ0n) is 20.8. The first kappa shape index (κ1) is 24.4. The molecule has 10 nitrogen and oxygen atoms in total. The van der Waals surface area contributed by atoms with Crippen LogP contribution >= 0.6 is 11.3 Å². The second-order valence-corrected chi connectivity index (χ2v) is 9.42. The van der Waals surface area contributed by atoms with Gasteiger partial charge in [-0.2, -0.15) is 0 Å². The van der Waals surface area contributed by atoms with E-state index in [9.17, 15) is 4.79 Å². The van der Waals surface area contributed by atoms with Crippen molar-refractivity contribution in [2.75, 3.05) is 26.5 Å². The molecule has 0 radical (unpaired) electrons. The second-order valence-electron chi connectivity index (χ2n) is 8.56. The van der Waals surface area contributed by atoms with Crippen LogP contribution in [0.3, 0.4) is 0 Å². The van der Waals surface area contributed by atoms with Gasteiger partial charge in [0.15, 0.2) is 11.9 Å². The molecule has 190 valence electrons. The number of amides is 1. The van der Waals surface area contributed by atoms with Crippen LogP contribution in [-0.2, 0) is 11.8 Å². The van der Waals surface area contributed by atoms with Gasteiger partial charge in [0, 0.05) is 27.3 Å². The van der Waals surface area contributed by atoms with Crippen LogP contribution in [0.15, 0.2) is 42.3 Å². The molecule has 0 saturated heterocycles. The zero-order chi connectivity index (χ0) is 26.3. The molecule has 0 bridgehead atoms. The Bertz CT molecular complexity index is 1630. The second kappa shape index (κ2) is 9.62. The summed E-state index contributed by atoms with van der Waals surface area (Å²) < 4.78 is 28.9. The Hall–Kier alpha value is -4.32. The van der Waals surface area contributed by atoms with Crippen LogP contribution in [0.25, 0.3) is 32.2 Å². The molecule has 0 aliphatic rings. The van der Waals surface area contributed by atoms with Gasteiger partial charge in [-0.3, -0.25) is 9.48 Å². The van der Waals surface area contributed by atoms with Crippen molar-refractivity contribution in [2.45, 2.75) is 13.0 Å². The van der Waals surface area contributed by atoms with Gasteiger partial charge < -0.3 is 19.7 Å². The van der Waals surface area contributed by atoms with E-state index in [1.54, 1.807) is 63.6 Å². The largest absolute Gasteiger partial charge is 0.480 e. The number of carbonyl (C=O) groups is 1. The molecule has 1 amide bonds. The lowest BCUT2D eigenvalue weighted by molar-refractivity contribution is -0.135. The van der Waals surface area contributed by atoms with Crippen LogP contribution in [0.1, 0.15) is 6.92 Å². The van der Waals surface area contributed by atoms with Crippen molar-refractivity contribution in [1.29, 1.82) is 0 Å². The fourth-order valence-electron chi connectivity index (χ4n) is 4.04. The minimum atomic E-state index is -0.803. The van der Waals surface area contributed by atoms with Gasteiger partial charge in [-0.05, 0) is 36.8 Å². The average Bonchev–Trinajstić information content (AvgIpc) is 3.51. The molecule has 0 unspecified atom stereocenters. The summed E-state index contributed by atoms with van der Waals surface area (Å²) in [7, 11) is 6.65. The minimum Gasteiger partial charge on any atom is -0.480 e. The van der Waals surface area contributed by atoms with Gasteiger partial charge in [0.25, 0.3) is 5.91 Å². The van der Waals surface area contributed by atoms with Crippen LogP contribution < -0.4 is 14.8 Å². The number of hydrogen-bond acceptors (Lipinski definition) is 9. The quantitative estimate of drug-likeness (QED) is 0.336. The van der Waals surface area contributed by atoms with Crippen molar-refractivity contribution < 1.29 is 18.7 Å². The predicted molar refractivity (Wildman–Crippen MR) is 140 cm³/mol. The van der Waals surface area contributed by atoms with Crippen molar-refractivity contribution in [3.05, 3.63) is 48.1 Å². The maximum Gasteiger partial charge on any atom is 0.262 e. The van der Waals surface area contributed by atoms with E-state index in [1.165, 1.54) is 22.6 Å². The molecular weight excluding hydrogens is 497 g/mol. The Labute approximate surface area is 215 Å². The van der Waals surface area contributed by atoms with Gasteiger partial charge in [0.2, 0.25) is 5.88 Å². The van der Waals surface area contributed by atoms with Crippen molar-refractivity contribution in [2.24, 2.45) is 7.05 Å². The van der Waals surface area contributed by atoms with Crippen molar-refractivity contribution in [3.8, 4) is 22.8 Å². The lowest BCUT2D eigenvalue weighted by atomic mass is 10.0. The van der Waals surface area contributed by atoms with Gasteiger partial charge in [-0.25, -0.2) is 19.3 Å². The summed E-state index contributed by atoms with van der Waals surface area (Å²) >= 11 is 1.22. The zero-order valence-corrected chi connectivity index (χ0v) is 21.6. The van der Waals surface area contributed by atoms with E-state index in [-0.39, 0.29) is 11.6 Å². The highest BCUT2D eigenvalue weighted by Gasteiger charge is 2.22. The molecule has 0 aliphatic carbocycles. The van der Waals surface area contributed by atoms with Crippen LogP contribution in [0.4, 0.5) is 15.9 Å². The van der Waals surface area contributed by atoms with Crippen molar-refractivity contribution in [3.63, 3.8) is 0 Å². The molecule has 0 saturated carbocycles. The summed E-state index contributed by atoms with van der Waals surface area (Å²) in [5.74, 6) is 0.464. The van der Waals surface area contributed by atoms with Crippen LogP contribution in [0, 0.1) is 5.82 Å². The van der Waals surface area contributed by atoms with E-state index in [0.29, 0.717) is 38.6 Å². The lowest BCUT2D eigenvalue weighted by Gasteiger charge is -2.21. The molecule has 0 spiro atoms. The highest BCUT2D eigenvalue weighted by atomic mass is 32.1. The maximum absolute atomic E-state index is 15.2. The molecule has 1 atom stereocenters. The number of rotatable bonds is 7. The topological polar surface area (TPSA) is 107 Å². The van der Waals surface area contributed by atoms with E-state index >= 15 is 4.39 Å². The number of aryl methyl sites for hydroxylation is 1. The summed E-state index contributed by atoms with van der Waals surface area (Å²) in [6, 6.07) is 6.97. The van der Waals surface area contributed by atoms with E-state index in [0.717, 1.165) is 11.1 Å². The van der Waals surface area contributed by atoms with E-state index in [2.05, 4.69) is 25.4 Å². The first-order valence-electron chi connectivity index (χ1n) is 11.3. The van der Waals surface area contributed by atoms with Gasteiger partial charge in [0.05, 0.1) is 45.0 Å². The Morgan fingerprint density at radius 3 is 2.76 bits per heavy atom. The van der Waals surface area contributed by atoms with E-state index in [4.69, 9.17) is 9.47 Å². The van der Waals surface area contributed by atoms with Crippen LogP contribution in [-0.4, -0.2) is 62.8 Å². The first-order valence-corrected chi connectivity index (χ1v) is 12.2. The van der Waals surface area contributed by atoms with Crippen molar-refractivity contribution >= 4 is 49.9 Å². The third-order valence-electron chi connectivity index (χ3n) is 5.79. The number of aromatic nitrogens is 5. The molecule has 0 aliphatic heterocycles. The number of benzene rings is 2. The molecule has 5 rings (SSSR count). The monoisotopic (exact) mass is 521 g/mol. The highest BCUT2D eigenvalue weighted by molar-refractivity contribution is 7.16. The summed E-state index contributed by atoms with van der Waals surface area (Å²) in [5.41, 5.74) is 4.38. The van der Waals surface area contributed by atoms with Gasteiger partial charge in [-0.1, -0.05) is 0 Å². The third-order valence-corrected chi connectivity index (χ3v) is 6.62. The number of likely N-dealkylation sites (N-methyl/N-ethyl adjacent to an activating group) is 1. The highest BCUT2D eigenvalue weighted by Crippen LogP contribution is 2.39. The molecule has 37 heavy (non-hydrogen) atoms. The summed E-state index contributed by atoms with van der Waals surface area (Å²) in [4.78, 5) is 27.1. The summed E-state index contributed by atoms with van der Waals surface area (Å²) in [6.45, 7) is 1.67. The SMILES string of the molecule is COc1nn(C)cc1-c1cc(O[C@H](C)C(=O)N(C)C)c2c(Nc3ccc4ncsc4c3F)ncnc2c1. The number of nitrogens with zero attached hydrogens (tertiary/aromatic N) is 6. The Balaban J connectivity index is 1.67. The molecular formula is C25H24FN7O3S. The standard InChI is InChI=1S/C25H24FN7O3S/c1-13(25(34)32(2)3)36-19-9-14(15-10-33(4)31-24(15)35-5)8-18-20(19)23(28-11-27-18)30-16-6-7-17-22(21(16)26)37-12-29-17/h6-13H,1-5H3,(H,27,28,30)/t13-/m1/s1. The number of ether oxygens (including phenoxy) is 2. The minimum absolute atomic E-state index is 0.217. The molecule has 1 N–H and O–H groups in total. The fraction of sp³-hybridized carbons (Fsp3) is 0.240. The molecule has 5 aromatic rings. The van der Waals surface area contributed by atoms with E-state index < -0.39 is 11.9 Å². The smallest absolute Gasteiger partial charge is 0.262 e. The number of anilines is 2. The molecule has 0 fully saturated rings. The van der Waals surface area contributed by atoms with Crippen LogP contribution in [0.2, 0.25) is 0 Å². The number of carbonyl (C=O) groups excluding carboxylic acids is 1. The Morgan fingerprint density at radius 2 is 2.00 bits per heavy atom. The first-order chi connectivity index (χ1) is 17.8. The number of nitrogens with one attached hydrogen (secondary N) is 1. The van der Waals surface area contributed by atoms with Gasteiger partial charge >= 0.3 is 0 Å². The maximum atomic E-state index is 15.2. The molecule has 3 heterocycles. The Kier molecular flexibility index (Phi) is 6.34.